The minimum atomic E-state index is -5.11. The highest BCUT2D eigenvalue weighted by Crippen LogP contribution is 2.22. The molecule has 15 nitrogen and oxygen atoms in total. The van der Waals surface area contributed by atoms with E-state index in [1.807, 2.05) is 0 Å². The first-order valence-corrected chi connectivity index (χ1v) is 13.4. The molecule has 34 heavy (non-hydrogen) atoms. The van der Waals surface area contributed by atoms with Crippen molar-refractivity contribution in [1.82, 2.24) is 0 Å². The molecule has 0 saturated carbocycles. The number of carboxylic acids is 1. The van der Waals surface area contributed by atoms with Crippen molar-refractivity contribution >= 4 is 58.9 Å². The van der Waals surface area contributed by atoms with Crippen molar-refractivity contribution in [2.24, 2.45) is 0 Å². The number of nitrogens with one attached hydrogen (secondary N) is 1. The van der Waals surface area contributed by atoms with Crippen LogP contribution in [-0.4, -0.2) is 87.6 Å². The second kappa shape index (κ2) is 10.4. The molecule has 0 heterocycles. The average Bonchev–Trinajstić information content (AvgIpc) is 2.67. The number of aliphatic carboxylic acids is 1. The van der Waals surface area contributed by atoms with E-state index in [2.05, 4.69) is 10.1 Å². The summed E-state index contributed by atoms with van der Waals surface area (Å²) in [6.07, 6.45) is -0.143. The smallest absolute Gasteiger partial charge is 0.329 e. The summed E-state index contributed by atoms with van der Waals surface area (Å²) in [4.78, 5) is 20.8. The predicted molar refractivity (Wildman–Crippen MR) is 113 cm³/mol. The van der Waals surface area contributed by atoms with E-state index in [0.717, 1.165) is 6.08 Å². The van der Waals surface area contributed by atoms with E-state index in [0.29, 0.717) is 12.1 Å². The van der Waals surface area contributed by atoms with Gasteiger partial charge in [0, 0.05) is 11.6 Å². The number of anilines is 1. The van der Waals surface area contributed by atoms with Crippen LogP contribution >= 0.6 is 0 Å². The standard InChI is InChI=1S/C16H19NO14S3/c18-14(7-30-1-2-31-8-15(19)20)17-12-5-10(32(21,22)23)3-9-4-11(33(24,25)26)6-13(16(9)12)34(27,28)29/h3-5,11H,1-2,6-8H2,(H,17,18)(H,19,20)(H,21,22,23)(H,24,25,26)(H,27,28,29). The van der Waals surface area contributed by atoms with Gasteiger partial charge in [-0.2, -0.15) is 25.3 Å². The van der Waals surface area contributed by atoms with Crippen molar-refractivity contribution in [3.63, 3.8) is 0 Å². The minimum Gasteiger partial charge on any atom is -0.480 e. The van der Waals surface area contributed by atoms with Gasteiger partial charge in [0.2, 0.25) is 5.91 Å². The van der Waals surface area contributed by atoms with E-state index in [-0.39, 0.29) is 13.2 Å². The van der Waals surface area contributed by atoms with Gasteiger partial charge < -0.3 is 19.9 Å². The maximum atomic E-state index is 12.2. The molecule has 1 amide bonds. The molecule has 1 atom stereocenters. The Morgan fingerprint density at radius 3 is 2.03 bits per heavy atom. The zero-order valence-corrected chi connectivity index (χ0v) is 19.4. The summed E-state index contributed by atoms with van der Waals surface area (Å²) < 4.78 is 108. The number of carboxylic acid groups (broad SMARTS) is 1. The Bertz CT molecular complexity index is 1430. The van der Waals surface area contributed by atoms with Crippen LogP contribution in [0.15, 0.2) is 17.0 Å². The van der Waals surface area contributed by atoms with Crippen LogP contribution in [0.5, 0.6) is 0 Å². The zero-order chi connectivity index (χ0) is 25.9. The summed E-state index contributed by atoms with van der Waals surface area (Å²) in [5.74, 6) is -2.18. The number of hydrogen-bond donors (Lipinski definition) is 5. The normalized spacial score (nSPS) is 16.4. The molecule has 0 bridgehead atoms. The van der Waals surface area contributed by atoms with E-state index in [9.17, 15) is 48.5 Å². The third kappa shape index (κ3) is 7.53. The van der Waals surface area contributed by atoms with Crippen molar-refractivity contribution in [2.75, 3.05) is 31.7 Å². The van der Waals surface area contributed by atoms with Gasteiger partial charge in [-0.05, 0) is 17.4 Å². The number of carbonyl (C=O) groups is 2. The van der Waals surface area contributed by atoms with Crippen LogP contribution in [0.3, 0.4) is 0 Å². The summed E-state index contributed by atoms with van der Waals surface area (Å²) in [6, 6.07) is 1.37. The van der Waals surface area contributed by atoms with E-state index < -0.39 is 93.0 Å². The van der Waals surface area contributed by atoms with Crippen molar-refractivity contribution in [2.45, 2.75) is 16.6 Å². The Balaban J connectivity index is 2.51. The van der Waals surface area contributed by atoms with Crippen molar-refractivity contribution < 1.29 is 63.1 Å². The third-order valence-corrected chi connectivity index (χ3v) is 7.16. The van der Waals surface area contributed by atoms with Crippen LogP contribution in [0.1, 0.15) is 6.42 Å². The molecule has 0 radical (unpaired) electrons. The molecule has 190 valence electrons. The van der Waals surface area contributed by atoms with Gasteiger partial charge in [-0.3, -0.25) is 18.5 Å². The Morgan fingerprint density at radius 2 is 1.53 bits per heavy atom. The number of rotatable bonds is 11. The predicted octanol–water partition coefficient (Wildman–Crippen LogP) is -2.57. The quantitative estimate of drug-likeness (QED) is 0.142. The van der Waals surface area contributed by atoms with E-state index >= 15 is 0 Å². The molecule has 1 aliphatic carbocycles. The summed E-state index contributed by atoms with van der Waals surface area (Å²) >= 11 is 0. The Kier molecular flexibility index (Phi) is 8.53. The average molecular weight is 546 g/mol. The first-order chi connectivity index (χ1) is 15.5. The van der Waals surface area contributed by atoms with E-state index in [1.54, 1.807) is 0 Å². The number of fused-ring (bicyclic) bond motifs is 1. The van der Waals surface area contributed by atoms with Crippen LogP contribution in [-0.2, 0) is 49.4 Å². The Labute approximate surface area is 192 Å². The van der Waals surface area contributed by atoms with E-state index in [1.165, 1.54) is 0 Å². The van der Waals surface area contributed by atoms with Crippen LogP contribution in [0.4, 0.5) is 5.69 Å². The molecule has 0 fully saturated rings. The molecule has 0 aromatic heterocycles. The lowest BCUT2D eigenvalue weighted by atomic mass is 10.1. The van der Waals surface area contributed by atoms with Crippen molar-refractivity contribution in [3.8, 4) is 0 Å². The maximum Gasteiger partial charge on any atom is 0.329 e. The van der Waals surface area contributed by atoms with Crippen LogP contribution < -0.4 is 15.8 Å². The Morgan fingerprint density at radius 1 is 0.941 bits per heavy atom. The molecule has 1 aliphatic rings. The SMILES string of the molecule is O=C(O)COCCOCC(=O)Nc1cc(S(=O)(=O)O)cc2c1=C(S(=O)(=O)O)CC(S(=O)(=O)O)C=2. The van der Waals surface area contributed by atoms with Gasteiger partial charge in [0.25, 0.3) is 30.4 Å². The molecule has 1 aromatic carbocycles. The molecule has 0 spiro atoms. The molecular formula is C16H19NO14S3. The van der Waals surface area contributed by atoms with Crippen LogP contribution in [0, 0.1) is 0 Å². The lowest BCUT2D eigenvalue weighted by molar-refractivity contribution is -0.143. The number of carbonyl (C=O) groups excluding carboxylic acids is 1. The first-order valence-electron chi connectivity index (χ1n) is 8.97. The highest BCUT2D eigenvalue weighted by molar-refractivity contribution is 7.95. The van der Waals surface area contributed by atoms with Crippen LogP contribution in [0.25, 0.3) is 11.0 Å². The second-order valence-electron chi connectivity index (χ2n) is 6.78. The lowest BCUT2D eigenvalue weighted by Crippen LogP contribution is -2.41. The first kappa shape index (κ1) is 27.8. The van der Waals surface area contributed by atoms with Crippen molar-refractivity contribution in [3.05, 3.63) is 22.6 Å². The monoisotopic (exact) mass is 545 g/mol. The van der Waals surface area contributed by atoms with Gasteiger partial charge in [-0.25, -0.2) is 4.79 Å². The topological polar surface area (TPSA) is 248 Å². The molecule has 5 N–H and O–H groups in total. The fraction of sp³-hybridized carbons (Fsp3) is 0.375. The molecule has 1 aromatic rings. The number of benzene rings is 1. The summed E-state index contributed by atoms with van der Waals surface area (Å²) in [5.41, 5.74) is -0.529. The molecule has 18 heteroatoms. The van der Waals surface area contributed by atoms with Gasteiger partial charge in [0.05, 0.1) is 28.7 Å². The largest absolute Gasteiger partial charge is 0.480 e. The number of hydrogen-bond acceptors (Lipinski definition) is 10. The van der Waals surface area contributed by atoms with E-state index in [4.69, 9.17) is 9.84 Å². The summed E-state index contributed by atoms with van der Waals surface area (Å²) in [5, 5.41) is 7.80. The number of ether oxygens (including phenoxy) is 2. The zero-order valence-electron chi connectivity index (χ0n) is 16.9. The van der Waals surface area contributed by atoms with Gasteiger partial charge in [-0.1, -0.05) is 6.08 Å². The summed E-state index contributed by atoms with van der Waals surface area (Å²) in [6.45, 7) is -1.67. The molecule has 2 rings (SSSR count). The van der Waals surface area contributed by atoms with Gasteiger partial charge in [-0.15, -0.1) is 0 Å². The summed E-state index contributed by atoms with van der Waals surface area (Å²) in [7, 11) is -14.9. The number of amides is 1. The molecular weight excluding hydrogens is 526 g/mol. The molecule has 0 aliphatic heterocycles. The molecule has 0 saturated heterocycles. The Hall–Kier alpha value is -2.45. The minimum absolute atomic E-state index is 0.181. The van der Waals surface area contributed by atoms with Gasteiger partial charge >= 0.3 is 5.97 Å². The van der Waals surface area contributed by atoms with Gasteiger partial charge in [0.15, 0.2) is 0 Å². The fourth-order valence-corrected chi connectivity index (χ4v) is 5.15. The maximum absolute atomic E-state index is 12.2. The fourth-order valence-electron chi connectivity index (χ4n) is 2.93. The van der Waals surface area contributed by atoms with Gasteiger partial charge in [0.1, 0.15) is 18.5 Å². The van der Waals surface area contributed by atoms with Crippen LogP contribution in [0.2, 0.25) is 0 Å². The highest BCUT2D eigenvalue weighted by Gasteiger charge is 2.32. The second-order valence-corrected chi connectivity index (χ2v) is 11.3. The van der Waals surface area contributed by atoms with Crippen molar-refractivity contribution in [1.29, 1.82) is 0 Å². The highest BCUT2D eigenvalue weighted by atomic mass is 32.2. The molecule has 1 unspecified atom stereocenters. The lowest BCUT2D eigenvalue weighted by Gasteiger charge is -2.18. The third-order valence-electron chi connectivity index (χ3n) is 4.27.